The summed E-state index contributed by atoms with van der Waals surface area (Å²) < 4.78 is 0.922. The minimum atomic E-state index is -0.285. The zero-order valence-electron chi connectivity index (χ0n) is 18.0. The highest BCUT2D eigenvalue weighted by Crippen LogP contribution is 2.29. The third-order valence-electron chi connectivity index (χ3n) is 6.58. The van der Waals surface area contributed by atoms with Crippen LogP contribution in [0.2, 0.25) is 0 Å². The van der Waals surface area contributed by atoms with E-state index in [1.807, 2.05) is 41.3 Å². The number of nitrogens with zero attached hydrogens (tertiary/aromatic N) is 6. The number of carbonyl (C=O) groups is 2. The van der Waals surface area contributed by atoms with Crippen LogP contribution in [0, 0.1) is 5.92 Å². The molecule has 1 aromatic carbocycles. The molecule has 5 rings (SSSR count). The maximum absolute atomic E-state index is 13.1. The second-order valence-electron chi connectivity index (χ2n) is 8.64. The van der Waals surface area contributed by atoms with Crippen molar-refractivity contribution in [2.24, 2.45) is 5.92 Å². The molecule has 0 spiro atoms. The number of carbonyl (C=O) groups excluding carboxylic acids is 2. The fourth-order valence-electron chi connectivity index (χ4n) is 4.78. The Bertz CT molecular complexity index is 986. The van der Waals surface area contributed by atoms with Gasteiger partial charge in [-0.3, -0.25) is 9.59 Å². The minimum absolute atomic E-state index is 0.00783. The Balaban J connectivity index is 1.16. The molecule has 0 aliphatic carbocycles. The van der Waals surface area contributed by atoms with Crippen LogP contribution in [0.4, 0.5) is 17.3 Å². The summed E-state index contributed by atoms with van der Waals surface area (Å²) in [6, 6.07) is 11.7. The second-order valence-corrected chi connectivity index (χ2v) is 9.56. The molecule has 2 aromatic rings. The Labute approximate surface area is 196 Å². The molecule has 168 valence electrons. The largest absolute Gasteiger partial charge is 0.355 e. The summed E-state index contributed by atoms with van der Waals surface area (Å²) >= 11 is 3.45. The summed E-state index contributed by atoms with van der Waals surface area (Å²) in [5.41, 5.74) is 0.834. The Morgan fingerprint density at radius 3 is 2.19 bits per heavy atom. The fraction of sp³-hybridized carbons (Fsp3) is 0.478. The van der Waals surface area contributed by atoms with E-state index in [4.69, 9.17) is 0 Å². The van der Waals surface area contributed by atoms with Gasteiger partial charge in [0.25, 0.3) is 0 Å². The van der Waals surface area contributed by atoms with Gasteiger partial charge >= 0.3 is 0 Å². The molecule has 4 heterocycles. The first-order chi connectivity index (χ1) is 15.6. The lowest BCUT2D eigenvalue weighted by Crippen LogP contribution is -2.51. The highest BCUT2D eigenvalue weighted by Gasteiger charge is 2.38. The van der Waals surface area contributed by atoms with Crippen LogP contribution in [0.25, 0.3) is 0 Å². The highest BCUT2D eigenvalue weighted by atomic mass is 79.9. The van der Waals surface area contributed by atoms with Crippen molar-refractivity contribution in [1.82, 2.24) is 15.1 Å². The van der Waals surface area contributed by atoms with Crippen LogP contribution in [0.15, 0.2) is 40.9 Å². The Morgan fingerprint density at radius 1 is 0.906 bits per heavy atom. The van der Waals surface area contributed by atoms with Gasteiger partial charge in [-0.1, -0.05) is 22.0 Å². The van der Waals surface area contributed by atoms with E-state index >= 15 is 0 Å². The molecule has 0 bridgehead atoms. The van der Waals surface area contributed by atoms with E-state index in [0.717, 1.165) is 48.0 Å². The standard InChI is InChI=1S/C23H27BrN6O2/c24-18-4-3-5-19(15-18)30-16-17(14-22(30)31)23(32)29-12-10-28(11-13-29)21-7-6-20(25-26-21)27-8-1-2-9-27/h3-7,15,17H,1-2,8-14,16H2. The molecule has 3 saturated heterocycles. The summed E-state index contributed by atoms with van der Waals surface area (Å²) in [5.74, 6) is 1.60. The second kappa shape index (κ2) is 9.05. The topological polar surface area (TPSA) is 72.9 Å². The number of anilines is 3. The third-order valence-corrected chi connectivity index (χ3v) is 7.07. The van der Waals surface area contributed by atoms with Crippen molar-refractivity contribution in [3.05, 3.63) is 40.9 Å². The fourth-order valence-corrected chi connectivity index (χ4v) is 5.17. The van der Waals surface area contributed by atoms with E-state index < -0.39 is 0 Å². The van der Waals surface area contributed by atoms with E-state index in [1.54, 1.807) is 4.90 Å². The van der Waals surface area contributed by atoms with Crippen LogP contribution in [0.5, 0.6) is 0 Å². The van der Waals surface area contributed by atoms with Gasteiger partial charge in [-0.15, -0.1) is 10.2 Å². The first-order valence-corrected chi connectivity index (χ1v) is 12.1. The Morgan fingerprint density at radius 2 is 1.56 bits per heavy atom. The minimum Gasteiger partial charge on any atom is -0.355 e. The van der Waals surface area contributed by atoms with Crippen LogP contribution in [0.1, 0.15) is 19.3 Å². The van der Waals surface area contributed by atoms with Crippen molar-refractivity contribution < 1.29 is 9.59 Å². The molecule has 0 radical (unpaired) electrons. The lowest BCUT2D eigenvalue weighted by molar-refractivity contribution is -0.136. The molecule has 3 fully saturated rings. The van der Waals surface area contributed by atoms with Gasteiger partial charge in [-0.2, -0.15) is 0 Å². The lowest BCUT2D eigenvalue weighted by Gasteiger charge is -2.36. The number of hydrogen-bond acceptors (Lipinski definition) is 6. The highest BCUT2D eigenvalue weighted by molar-refractivity contribution is 9.10. The van der Waals surface area contributed by atoms with Gasteiger partial charge in [-0.05, 0) is 43.2 Å². The van der Waals surface area contributed by atoms with Gasteiger partial charge in [0.1, 0.15) is 0 Å². The van der Waals surface area contributed by atoms with Crippen molar-refractivity contribution in [1.29, 1.82) is 0 Å². The van der Waals surface area contributed by atoms with Gasteiger partial charge in [0.05, 0.1) is 5.92 Å². The van der Waals surface area contributed by atoms with E-state index in [9.17, 15) is 9.59 Å². The maximum Gasteiger partial charge on any atom is 0.228 e. The van der Waals surface area contributed by atoms with Crippen LogP contribution in [0.3, 0.4) is 0 Å². The molecule has 1 atom stereocenters. The average Bonchev–Trinajstić information content (AvgIpc) is 3.49. The predicted molar refractivity (Wildman–Crippen MR) is 127 cm³/mol. The van der Waals surface area contributed by atoms with E-state index in [0.29, 0.717) is 19.6 Å². The molecule has 8 nitrogen and oxygen atoms in total. The molecular formula is C23H27BrN6O2. The monoisotopic (exact) mass is 498 g/mol. The summed E-state index contributed by atoms with van der Waals surface area (Å²) in [5, 5.41) is 8.84. The van der Waals surface area contributed by atoms with E-state index in [-0.39, 0.29) is 24.2 Å². The molecule has 1 aromatic heterocycles. The zero-order valence-corrected chi connectivity index (χ0v) is 19.6. The molecule has 3 aliphatic heterocycles. The number of benzene rings is 1. The lowest BCUT2D eigenvalue weighted by atomic mass is 10.1. The van der Waals surface area contributed by atoms with Crippen molar-refractivity contribution in [3.63, 3.8) is 0 Å². The quantitative estimate of drug-likeness (QED) is 0.644. The summed E-state index contributed by atoms with van der Waals surface area (Å²) in [6.07, 6.45) is 2.70. The van der Waals surface area contributed by atoms with Crippen LogP contribution >= 0.6 is 15.9 Å². The van der Waals surface area contributed by atoms with E-state index in [2.05, 4.69) is 35.9 Å². The van der Waals surface area contributed by atoms with Crippen molar-refractivity contribution in [2.45, 2.75) is 19.3 Å². The molecule has 0 saturated carbocycles. The SMILES string of the molecule is O=C(C1CC(=O)N(c2cccc(Br)c2)C1)N1CCN(c2ccc(N3CCCC3)nn2)CC1. The third kappa shape index (κ3) is 4.30. The van der Waals surface area contributed by atoms with Crippen LogP contribution < -0.4 is 14.7 Å². The first-order valence-electron chi connectivity index (χ1n) is 11.3. The molecule has 1 unspecified atom stereocenters. The van der Waals surface area contributed by atoms with Gasteiger partial charge in [0.15, 0.2) is 11.6 Å². The number of aromatic nitrogens is 2. The number of halogens is 1. The van der Waals surface area contributed by atoms with Gasteiger partial charge in [-0.25, -0.2) is 0 Å². The normalized spacial score (nSPS) is 21.5. The van der Waals surface area contributed by atoms with Crippen molar-refractivity contribution in [2.75, 3.05) is 60.5 Å². The number of piperazine rings is 1. The van der Waals surface area contributed by atoms with Gasteiger partial charge in [0.2, 0.25) is 11.8 Å². The molecule has 9 heteroatoms. The number of hydrogen-bond donors (Lipinski definition) is 0. The number of amides is 2. The molecule has 2 amide bonds. The van der Waals surface area contributed by atoms with E-state index in [1.165, 1.54) is 12.8 Å². The maximum atomic E-state index is 13.1. The van der Waals surface area contributed by atoms with Gasteiger partial charge in [0, 0.05) is 62.4 Å². The molecule has 32 heavy (non-hydrogen) atoms. The van der Waals surface area contributed by atoms with Crippen LogP contribution in [-0.4, -0.2) is 72.7 Å². The molecule has 0 N–H and O–H groups in total. The molecular weight excluding hydrogens is 472 g/mol. The summed E-state index contributed by atoms with van der Waals surface area (Å²) in [6.45, 7) is 5.26. The smallest absolute Gasteiger partial charge is 0.228 e. The van der Waals surface area contributed by atoms with Crippen LogP contribution in [-0.2, 0) is 9.59 Å². The molecule has 3 aliphatic rings. The predicted octanol–water partition coefficient (Wildman–Crippen LogP) is 2.54. The Hall–Kier alpha value is -2.68. The average molecular weight is 499 g/mol. The summed E-state index contributed by atoms with van der Waals surface area (Å²) in [7, 11) is 0. The number of rotatable bonds is 4. The summed E-state index contributed by atoms with van der Waals surface area (Å²) in [4.78, 5) is 33.7. The van der Waals surface area contributed by atoms with Crippen molar-refractivity contribution >= 4 is 45.1 Å². The Kier molecular flexibility index (Phi) is 5.99. The van der Waals surface area contributed by atoms with Crippen molar-refractivity contribution in [3.8, 4) is 0 Å². The van der Waals surface area contributed by atoms with Gasteiger partial charge < -0.3 is 19.6 Å². The first kappa shape index (κ1) is 21.2. The zero-order chi connectivity index (χ0) is 22.1.